The first-order valence-corrected chi connectivity index (χ1v) is 14.7. The van der Waals surface area contributed by atoms with Crippen LogP contribution >= 0.6 is 11.3 Å². The first-order chi connectivity index (χ1) is 17.4. The number of hydrogen-bond donors (Lipinski definition) is 0. The highest BCUT2D eigenvalue weighted by Gasteiger charge is 2.28. The first kappa shape index (κ1) is 23.5. The van der Waals surface area contributed by atoms with Gasteiger partial charge in [-0.3, -0.25) is 9.69 Å². The summed E-state index contributed by atoms with van der Waals surface area (Å²) in [6.07, 6.45) is 8.47. The van der Waals surface area contributed by atoms with Gasteiger partial charge in [0.2, 0.25) is 0 Å². The van der Waals surface area contributed by atoms with E-state index in [2.05, 4.69) is 23.0 Å². The molecule has 0 N–H and O–H groups in total. The Morgan fingerprint density at radius 1 is 1.08 bits per heavy atom. The van der Waals surface area contributed by atoms with Gasteiger partial charge in [0.05, 0.1) is 16.6 Å². The number of thiazole rings is 1. The van der Waals surface area contributed by atoms with Gasteiger partial charge in [-0.1, -0.05) is 18.2 Å². The molecule has 6 rings (SSSR count). The zero-order chi connectivity index (χ0) is 24.9. The molecule has 9 heteroatoms. The van der Waals surface area contributed by atoms with Crippen molar-refractivity contribution in [1.29, 1.82) is 0 Å². The third kappa shape index (κ3) is 4.09. The standard InChI is InChI=1S/C27H28N4O3S2/c1-30-13-5-8-25(30)27-29-24(17-35-27)23-16-31(36(33,34)21-6-3-2-4-7-21)26-22(23)14-19(15-28-26)18-9-11-20(32)12-10-18/h2-4,6-7,14-18,25H,5,8-13H2,1H3. The smallest absolute Gasteiger partial charge is 0.269 e. The average molecular weight is 521 g/mol. The van der Waals surface area contributed by atoms with Crippen molar-refractivity contribution in [1.82, 2.24) is 18.8 Å². The number of carbonyl (C=O) groups excluding carboxylic acids is 1. The molecule has 1 atom stereocenters. The molecule has 0 amide bonds. The molecule has 36 heavy (non-hydrogen) atoms. The van der Waals surface area contributed by atoms with Gasteiger partial charge in [-0.05, 0) is 69.0 Å². The molecule has 1 saturated heterocycles. The maximum absolute atomic E-state index is 13.6. The predicted molar refractivity (Wildman–Crippen MR) is 141 cm³/mol. The van der Waals surface area contributed by atoms with Crippen LogP contribution in [0.5, 0.6) is 0 Å². The number of benzene rings is 1. The van der Waals surface area contributed by atoms with Crippen LogP contribution in [-0.2, 0) is 14.8 Å². The Morgan fingerprint density at radius 2 is 1.86 bits per heavy atom. The number of rotatable bonds is 5. The van der Waals surface area contributed by atoms with E-state index < -0.39 is 10.0 Å². The number of likely N-dealkylation sites (tertiary alicyclic amines) is 1. The predicted octanol–water partition coefficient (Wildman–Crippen LogP) is 5.39. The summed E-state index contributed by atoms with van der Waals surface area (Å²) in [5, 5.41) is 3.87. The number of fused-ring (bicyclic) bond motifs is 1. The molecule has 1 unspecified atom stereocenters. The second kappa shape index (κ2) is 9.21. The van der Waals surface area contributed by atoms with Gasteiger partial charge in [0.15, 0.2) is 5.65 Å². The van der Waals surface area contributed by atoms with E-state index >= 15 is 0 Å². The molecule has 0 bridgehead atoms. The quantitative estimate of drug-likeness (QED) is 0.351. The van der Waals surface area contributed by atoms with Gasteiger partial charge in [0.25, 0.3) is 10.0 Å². The van der Waals surface area contributed by atoms with E-state index in [0.29, 0.717) is 30.3 Å². The SMILES string of the molecule is CN1CCCC1c1nc(-c2cn(S(=O)(=O)c3ccccc3)c3ncc(C4CCC(=O)CC4)cc23)cs1. The maximum atomic E-state index is 13.6. The van der Waals surface area contributed by atoms with Crippen molar-refractivity contribution in [3.63, 3.8) is 0 Å². The fraction of sp³-hybridized carbons (Fsp3) is 0.370. The van der Waals surface area contributed by atoms with Crippen LogP contribution in [0.15, 0.2) is 59.1 Å². The highest BCUT2D eigenvalue weighted by Crippen LogP contribution is 2.39. The number of aromatic nitrogens is 3. The third-order valence-corrected chi connectivity index (χ3v) is 10.2. The van der Waals surface area contributed by atoms with Crippen molar-refractivity contribution in [2.45, 2.75) is 55.4 Å². The number of Topliss-reactive ketones (excluding diaryl/α,β-unsaturated/α-hetero) is 1. The van der Waals surface area contributed by atoms with E-state index in [4.69, 9.17) is 4.98 Å². The lowest BCUT2D eigenvalue weighted by molar-refractivity contribution is -0.120. The molecule has 0 spiro atoms. The van der Waals surface area contributed by atoms with Crippen molar-refractivity contribution >= 4 is 38.2 Å². The Kier molecular flexibility index (Phi) is 6.02. The first-order valence-electron chi connectivity index (χ1n) is 12.4. The fourth-order valence-corrected chi connectivity index (χ4v) is 7.84. The summed E-state index contributed by atoms with van der Waals surface area (Å²) in [5.41, 5.74) is 3.00. The summed E-state index contributed by atoms with van der Waals surface area (Å²) in [6, 6.07) is 10.8. The lowest BCUT2D eigenvalue weighted by atomic mass is 9.84. The van der Waals surface area contributed by atoms with Crippen LogP contribution in [0.2, 0.25) is 0 Å². The topological polar surface area (TPSA) is 85.2 Å². The molecule has 186 valence electrons. The highest BCUT2D eigenvalue weighted by molar-refractivity contribution is 7.90. The molecule has 4 heterocycles. The summed E-state index contributed by atoms with van der Waals surface area (Å²) in [7, 11) is -1.71. The summed E-state index contributed by atoms with van der Waals surface area (Å²) in [6.45, 7) is 1.06. The van der Waals surface area contributed by atoms with E-state index in [1.54, 1.807) is 54.1 Å². The molecule has 1 aromatic carbocycles. The van der Waals surface area contributed by atoms with Gasteiger partial charge in [-0.25, -0.2) is 22.4 Å². The monoisotopic (exact) mass is 520 g/mol. The molecular weight excluding hydrogens is 492 g/mol. The lowest BCUT2D eigenvalue weighted by Gasteiger charge is -2.21. The van der Waals surface area contributed by atoms with E-state index in [1.807, 2.05) is 5.38 Å². The van der Waals surface area contributed by atoms with E-state index in [9.17, 15) is 13.2 Å². The minimum Gasteiger partial charge on any atom is -0.300 e. The number of carbonyl (C=O) groups is 1. The van der Waals surface area contributed by atoms with Gasteiger partial charge in [-0.2, -0.15) is 0 Å². The summed E-state index contributed by atoms with van der Waals surface area (Å²) >= 11 is 1.63. The minimum absolute atomic E-state index is 0.219. The third-order valence-electron chi connectivity index (χ3n) is 7.55. The molecule has 2 aliphatic rings. The zero-order valence-electron chi connectivity index (χ0n) is 20.1. The van der Waals surface area contributed by atoms with E-state index in [-0.39, 0.29) is 10.8 Å². The Balaban J connectivity index is 1.49. The zero-order valence-corrected chi connectivity index (χ0v) is 21.8. The van der Waals surface area contributed by atoms with Crippen LogP contribution in [0.25, 0.3) is 22.3 Å². The second-order valence-corrected chi connectivity index (χ2v) is 12.5. The normalized spacial score (nSPS) is 19.9. The van der Waals surface area contributed by atoms with Crippen molar-refractivity contribution in [3.8, 4) is 11.3 Å². The molecule has 7 nitrogen and oxygen atoms in total. The van der Waals surface area contributed by atoms with Crippen LogP contribution in [0, 0.1) is 0 Å². The van der Waals surface area contributed by atoms with Gasteiger partial charge in [-0.15, -0.1) is 11.3 Å². The van der Waals surface area contributed by atoms with Gasteiger partial charge in [0, 0.05) is 41.6 Å². The average Bonchev–Trinajstić information content (AvgIpc) is 3.63. The van der Waals surface area contributed by atoms with Gasteiger partial charge in [0.1, 0.15) is 10.8 Å². The van der Waals surface area contributed by atoms with E-state index in [0.717, 1.165) is 59.4 Å². The number of nitrogens with zero attached hydrogens (tertiary/aromatic N) is 4. The Bertz CT molecular complexity index is 1530. The highest BCUT2D eigenvalue weighted by atomic mass is 32.2. The molecule has 1 saturated carbocycles. The molecular formula is C27H28N4O3S2. The minimum atomic E-state index is -3.84. The summed E-state index contributed by atoms with van der Waals surface area (Å²) < 4.78 is 28.6. The van der Waals surface area contributed by atoms with Gasteiger partial charge >= 0.3 is 0 Å². The van der Waals surface area contributed by atoms with Crippen molar-refractivity contribution in [2.24, 2.45) is 0 Å². The van der Waals surface area contributed by atoms with Crippen LogP contribution in [0.4, 0.5) is 0 Å². The second-order valence-electron chi connectivity index (χ2n) is 9.82. The molecule has 4 aromatic rings. The molecule has 1 aliphatic heterocycles. The van der Waals surface area contributed by atoms with Crippen LogP contribution in [-0.4, -0.2) is 46.6 Å². The number of ketones is 1. The number of pyridine rings is 1. The van der Waals surface area contributed by atoms with Crippen molar-refractivity contribution < 1.29 is 13.2 Å². The largest absolute Gasteiger partial charge is 0.300 e. The maximum Gasteiger partial charge on any atom is 0.269 e. The molecule has 3 aromatic heterocycles. The molecule has 0 radical (unpaired) electrons. The Morgan fingerprint density at radius 3 is 2.58 bits per heavy atom. The summed E-state index contributed by atoms with van der Waals surface area (Å²) in [4.78, 5) is 24.0. The summed E-state index contributed by atoms with van der Waals surface area (Å²) in [5.74, 6) is 0.563. The molecule has 1 aliphatic carbocycles. The Labute approximate surface area is 214 Å². The number of hydrogen-bond acceptors (Lipinski definition) is 7. The van der Waals surface area contributed by atoms with Crippen LogP contribution in [0.3, 0.4) is 0 Å². The lowest BCUT2D eigenvalue weighted by Crippen LogP contribution is -2.17. The van der Waals surface area contributed by atoms with Gasteiger partial charge < -0.3 is 0 Å². The van der Waals surface area contributed by atoms with Crippen molar-refractivity contribution in [3.05, 3.63) is 64.7 Å². The van der Waals surface area contributed by atoms with Crippen LogP contribution < -0.4 is 0 Å². The van der Waals surface area contributed by atoms with E-state index in [1.165, 1.54) is 3.97 Å². The van der Waals surface area contributed by atoms with Crippen LogP contribution in [0.1, 0.15) is 61.1 Å². The molecule has 2 fully saturated rings. The van der Waals surface area contributed by atoms with Crippen molar-refractivity contribution in [2.75, 3.05) is 13.6 Å². The Hall–Kier alpha value is -2.88. The fourth-order valence-electron chi connectivity index (χ4n) is 5.47.